The average molecular weight is 1040 g/mol. The van der Waals surface area contributed by atoms with Crippen molar-refractivity contribution in [1.29, 1.82) is 0 Å². The molecule has 2 aliphatic heterocycles. The van der Waals surface area contributed by atoms with Crippen molar-refractivity contribution in [3.63, 3.8) is 0 Å². The predicted octanol–water partition coefficient (Wildman–Crippen LogP) is 13.0. The number of carbonyl (C=O) groups excluding carboxylic acids is 3. The first-order valence-electron chi connectivity index (χ1n) is 26.3. The van der Waals surface area contributed by atoms with Gasteiger partial charge in [-0.25, -0.2) is 14.8 Å². The normalized spacial score (nSPS) is 12.4. The zero-order valence-corrected chi connectivity index (χ0v) is 43.0. The molecule has 0 aliphatic carbocycles. The number of anilines is 1. The van der Waals surface area contributed by atoms with Gasteiger partial charge in [-0.1, -0.05) is 164 Å². The lowest BCUT2D eigenvalue weighted by Gasteiger charge is -2.22. The quantitative estimate of drug-likeness (QED) is 0.0525. The van der Waals surface area contributed by atoms with E-state index in [1.54, 1.807) is 24.3 Å². The van der Waals surface area contributed by atoms with Crippen LogP contribution in [0.15, 0.2) is 200 Å². The molecule has 2 unspecified atom stereocenters. The van der Waals surface area contributed by atoms with E-state index in [0.29, 0.717) is 5.69 Å². The summed E-state index contributed by atoms with van der Waals surface area (Å²) in [6, 6.07) is 62.9. The Morgan fingerprint density at radius 3 is 1.15 bits per heavy atom. The summed E-state index contributed by atoms with van der Waals surface area (Å²) in [7, 11) is 0. The molecule has 5 heterocycles. The standard InChI is InChI=1S/C67H55N7O5/c75-60(27-16-28-61(76)73-58(41-43-17-6-1-7-18-43)66(77)74-59(67(78)79)42-44-19-8-2-9-20-44)68-49-31-29-48(30-32-49)65-56-39-37-54(71-56)63(46-23-12-4-13-24-46)52-35-33-50(69-52)62(45-21-10-3-11-22-45)51-34-36-53(70-51)64(47-25-14-5-15-26-47)55-38-40-57(65)72-55/h1-15,17-26,29-40,58-59,69,72H,16,27-28,41-42H2,(H,68,75)(H,73,76)(H,74,77)(H,78,79). The summed E-state index contributed by atoms with van der Waals surface area (Å²) in [6.45, 7) is 0. The number of aromatic amines is 2. The van der Waals surface area contributed by atoms with E-state index in [0.717, 1.165) is 100 Å². The van der Waals surface area contributed by atoms with Gasteiger partial charge >= 0.3 is 5.97 Å². The van der Waals surface area contributed by atoms with E-state index in [4.69, 9.17) is 9.97 Å². The maximum absolute atomic E-state index is 13.6. The number of carboxylic acids is 1. The van der Waals surface area contributed by atoms with Gasteiger partial charge in [0.25, 0.3) is 0 Å². The molecule has 0 saturated carbocycles. The summed E-state index contributed by atoms with van der Waals surface area (Å²) in [4.78, 5) is 71.1. The van der Waals surface area contributed by atoms with Crippen LogP contribution in [-0.4, -0.2) is 60.8 Å². The molecule has 79 heavy (non-hydrogen) atoms. The van der Waals surface area contributed by atoms with Gasteiger partial charge < -0.3 is 31.0 Å². The van der Waals surface area contributed by atoms with E-state index in [-0.39, 0.29) is 38.0 Å². The molecule has 388 valence electrons. The minimum atomic E-state index is -1.20. The molecule has 0 spiro atoms. The Hall–Kier alpha value is -10.2. The van der Waals surface area contributed by atoms with Gasteiger partial charge in [0.15, 0.2) is 0 Å². The van der Waals surface area contributed by atoms with Crippen LogP contribution in [-0.2, 0) is 32.0 Å². The van der Waals surface area contributed by atoms with Crippen LogP contribution in [0.3, 0.4) is 0 Å². The van der Waals surface area contributed by atoms with Crippen LogP contribution in [0.1, 0.15) is 53.2 Å². The van der Waals surface area contributed by atoms with Gasteiger partial charge in [0, 0.05) is 75.7 Å². The Balaban J connectivity index is 0.881. The van der Waals surface area contributed by atoms with E-state index in [2.05, 4.69) is 105 Å². The highest BCUT2D eigenvalue weighted by Crippen LogP contribution is 2.38. The summed E-state index contributed by atoms with van der Waals surface area (Å²) in [5, 5.41) is 18.4. The first-order valence-corrected chi connectivity index (χ1v) is 26.3. The van der Waals surface area contributed by atoms with Gasteiger partial charge in [-0.2, -0.15) is 0 Å². The van der Waals surface area contributed by atoms with Crippen LogP contribution >= 0.6 is 0 Å². The molecule has 6 N–H and O–H groups in total. The number of aromatic nitrogens is 4. The van der Waals surface area contributed by atoms with Crippen molar-refractivity contribution in [2.75, 3.05) is 5.32 Å². The van der Waals surface area contributed by atoms with Crippen LogP contribution in [0.5, 0.6) is 0 Å². The van der Waals surface area contributed by atoms with Crippen LogP contribution in [0.2, 0.25) is 0 Å². The number of fused-ring (bicyclic) bond motifs is 8. The second-order valence-corrected chi connectivity index (χ2v) is 19.5. The topological polar surface area (TPSA) is 182 Å². The highest BCUT2D eigenvalue weighted by molar-refractivity contribution is 6.00. The lowest BCUT2D eigenvalue weighted by atomic mass is 10.0. The number of H-pyrrole nitrogens is 2. The number of amides is 3. The first-order chi connectivity index (χ1) is 38.7. The number of nitrogens with zero attached hydrogens (tertiary/aromatic N) is 2. The van der Waals surface area contributed by atoms with E-state index in [1.807, 2.05) is 121 Å². The van der Waals surface area contributed by atoms with Crippen molar-refractivity contribution in [2.24, 2.45) is 0 Å². The molecule has 11 rings (SSSR count). The number of hydrogen-bond acceptors (Lipinski definition) is 6. The molecule has 2 atom stereocenters. The maximum Gasteiger partial charge on any atom is 0.326 e. The molecule has 0 fully saturated rings. The third-order valence-corrected chi connectivity index (χ3v) is 14.0. The zero-order chi connectivity index (χ0) is 54.1. The number of carboxylic acid groups (broad SMARTS) is 1. The highest BCUT2D eigenvalue weighted by atomic mass is 16.4. The molecule has 6 aromatic carbocycles. The summed E-state index contributed by atoms with van der Waals surface area (Å²) < 4.78 is 0. The predicted molar refractivity (Wildman–Crippen MR) is 315 cm³/mol. The fourth-order valence-electron chi connectivity index (χ4n) is 10.2. The lowest BCUT2D eigenvalue weighted by Crippen LogP contribution is -2.53. The number of carbonyl (C=O) groups is 4. The molecule has 3 aromatic heterocycles. The SMILES string of the molecule is O=C(CCCC(=O)NC(Cc1ccccc1)C(=O)NC(Cc1ccccc1)C(=O)O)Nc1ccc(-c2c3nc(c(-c4ccccc4)c4ccc([nH]4)c(-c4ccccc4)c4nc(c(-c5ccccc5)c5ccc2[nH]5)C=C4)C=C3)cc1. The molecule has 3 amide bonds. The highest BCUT2D eigenvalue weighted by Gasteiger charge is 2.28. The fourth-order valence-corrected chi connectivity index (χ4v) is 10.2. The van der Waals surface area contributed by atoms with Crippen molar-refractivity contribution >= 4 is 75.7 Å². The minimum absolute atomic E-state index is 0.0313. The summed E-state index contributed by atoms with van der Waals surface area (Å²) >= 11 is 0. The van der Waals surface area contributed by atoms with Gasteiger partial charge in [0.05, 0.1) is 22.8 Å². The maximum atomic E-state index is 13.6. The fraction of sp³-hybridized carbons (Fsp3) is 0.104. The van der Waals surface area contributed by atoms with Gasteiger partial charge in [0.1, 0.15) is 12.1 Å². The summed E-state index contributed by atoms with van der Waals surface area (Å²) in [6.07, 6.45) is 8.72. The molecule has 9 aromatic rings. The third kappa shape index (κ3) is 11.8. The minimum Gasteiger partial charge on any atom is -0.480 e. The Bertz CT molecular complexity index is 3890. The smallest absolute Gasteiger partial charge is 0.326 e. The number of hydrogen-bond donors (Lipinski definition) is 6. The van der Waals surface area contributed by atoms with Crippen molar-refractivity contribution in [3.8, 4) is 44.5 Å². The van der Waals surface area contributed by atoms with E-state index in [1.165, 1.54) is 0 Å². The Morgan fingerprint density at radius 2 is 0.759 bits per heavy atom. The van der Waals surface area contributed by atoms with E-state index < -0.39 is 29.9 Å². The second kappa shape index (κ2) is 23.4. The molecule has 0 saturated heterocycles. The number of benzene rings is 6. The molecule has 0 radical (unpaired) electrons. The second-order valence-electron chi connectivity index (χ2n) is 19.5. The van der Waals surface area contributed by atoms with Crippen LogP contribution in [0.25, 0.3) is 90.9 Å². The molecular formula is C67H55N7O5. The number of aliphatic carboxylic acids is 1. The summed E-state index contributed by atoms with van der Waals surface area (Å²) in [5.41, 5.74) is 16.4. The Kier molecular flexibility index (Phi) is 15.1. The van der Waals surface area contributed by atoms with Gasteiger partial charge in [-0.15, -0.1) is 0 Å². The summed E-state index contributed by atoms with van der Waals surface area (Å²) in [5.74, 6) is -2.51. The molecular weight excluding hydrogens is 983 g/mol. The largest absolute Gasteiger partial charge is 0.480 e. The molecule has 2 aliphatic rings. The number of nitrogens with one attached hydrogen (secondary N) is 5. The molecule has 12 heteroatoms. The van der Waals surface area contributed by atoms with Crippen molar-refractivity contribution in [1.82, 2.24) is 30.6 Å². The lowest BCUT2D eigenvalue weighted by molar-refractivity contribution is -0.142. The van der Waals surface area contributed by atoms with Crippen LogP contribution < -0.4 is 16.0 Å². The monoisotopic (exact) mass is 1040 g/mol. The number of rotatable bonds is 17. The third-order valence-electron chi connectivity index (χ3n) is 14.0. The van der Waals surface area contributed by atoms with E-state index in [9.17, 15) is 24.3 Å². The van der Waals surface area contributed by atoms with Gasteiger partial charge in [-0.05, 0) is 101 Å². The van der Waals surface area contributed by atoms with Crippen molar-refractivity contribution < 1.29 is 24.3 Å². The Morgan fingerprint density at radius 1 is 0.405 bits per heavy atom. The first kappa shape index (κ1) is 50.9. The Labute approximate surface area is 456 Å². The van der Waals surface area contributed by atoms with Crippen molar-refractivity contribution in [3.05, 3.63) is 234 Å². The molecule has 12 nitrogen and oxygen atoms in total. The van der Waals surface area contributed by atoms with Crippen molar-refractivity contribution in [2.45, 2.75) is 44.2 Å². The molecule has 8 bridgehead atoms. The van der Waals surface area contributed by atoms with Crippen LogP contribution in [0.4, 0.5) is 5.69 Å². The van der Waals surface area contributed by atoms with Gasteiger partial charge in [-0.3, -0.25) is 14.4 Å². The van der Waals surface area contributed by atoms with Gasteiger partial charge in [0.2, 0.25) is 17.7 Å². The zero-order valence-electron chi connectivity index (χ0n) is 43.0. The van der Waals surface area contributed by atoms with Crippen LogP contribution in [0, 0.1) is 0 Å². The average Bonchev–Trinajstić information content (AvgIpc) is 4.49. The van der Waals surface area contributed by atoms with E-state index >= 15 is 0 Å².